The molecule has 0 aliphatic carbocycles. The highest BCUT2D eigenvalue weighted by molar-refractivity contribution is 5.97. The Labute approximate surface area is 250 Å². The second-order valence-electron chi connectivity index (χ2n) is 9.83. The Morgan fingerprint density at radius 2 is 1.95 bits per heavy atom. The molecule has 216 valence electrons. The zero-order valence-corrected chi connectivity index (χ0v) is 23.7. The van der Waals surface area contributed by atoms with E-state index >= 15 is 0 Å². The minimum atomic E-state index is -3.63. The van der Waals surface area contributed by atoms with Gasteiger partial charge in [0.2, 0.25) is 5.95 Å². The van der Waals surface area contributed by atoms with E-state index in [4.69, 9.17) is 15.3 Å². The predicted molar refractivity (Wildman–Crippen MR) is 153 cm³/mol. The summed E-state index contributed by atoms with van der Waals surface area (Å²) in [6.07, 6.45) is -4.12. The van der Waals surface area contributed by atoms with Crippen LogP contribution in [0.4, 0.5) is 5.95 Å². The van der Waals surface area contributed by atoms with Crippen LogP contribution in [-0.4, -0.2) is 67.6 Å². The Bertz CT molecular complexity index is 2030. The minimum absolute atomic E-state index is 0.00633. The lowest BCUT2D eigenvalue weighted by Crippen LogP contribution is -2.47. The smallest absolute Gasteiger partial charge is 0.326 e. The highest BCUT2D eigenvalue weighted by Gasteiger charge is 2.36. The molecule has 3 atom stereocenters. The van der Waals surface area contributed by atoms with E-state index in [1.807, 2.05) is 0 Å². The van der Waals surface area contributed by atoms with Gasteiger partial charge < -0.3 is 25.4 Å². The number of nitrogens with one attached hydrogen (secondary N) is 2. The molecule has 0 saturated heterocycles. The van der Waals surface area contributed by atoms with Crippen molar-refractivity contribution in [2.75, 3.05) is 19.4 Å². The molecule has 3 aromatic rings. The Kier molecular flexibility index (Phi) is 4.88. The summed E-state index contributed by atoms with van der Waals surface area (Å²) in [5.74, 6) is -10.9. The van der Waals surface area contributed by atoms with Gasteiger partial charge in [0.25, 0.3) is 14.3 Å². The molecule has 0 spiro atoms. The minimum Gasteiger partial charge on any atom is -0.481 e. The molecule has 1 amide bonds. The van der Waals surface area contributed by atoms with Crippen molar-refractivity contribution >= 4 is 34.8 Å². The molecule has 0 saturated carbocycles. The summed E-state index contributed by atoms with van der Waals surface area (Å²) in [7, 11) is 3.41. The monoisotopic (exact) mass is 565 g/mol. The maximum atomic E-state index is 14.1. The summed E-state index contributed by atoms with van der Waals surface area (Å²) < 4.78 is 102. The molecule has 11 heteroatoms. The van der Waals surface area contributed by atoms with Gasteiger partial charge in [0.1, 0.15) is 11.7 Å². The molecule has 0 radical (unpaired) electrons. The number of hydrogen-bond acceptors (Lipinski definition) is 8. The second kappa shape index (κ2) is 11.1. The van der Waals surface area contributed by atoms with E-state index in [-0.39, 0.29) is 44.1 Å². The normalized spacial score (nSPS) is 20.8. The van der Waals surface area contributed by atoms with Gasteiger partial charge in [-0.1, -0.05) is 27.7 Å². The maximum Gasteiger partial charge on any atom is 0.326 e. The number of carbonyl (C=O) groups is 3. The quantitative estimate of drug-likeness (QED) is 0.290. The summed E-state index contributed by atoms with van der Waals surface area (Å²) in [6, 6.07) is -4.93. The van der Waals surface area contributed by atoms with Crippen LogP contribution in [0, 0.1) is 19.7 Å². The van der Waals surface area contributed by atoms with Crippen LogP contribution in [0.25, 0.3) is 13.9 Å². The lowest BCUT2D eigenvalue weighted by atomic mass is 9.69. The zero-order chi connectivity index (χ0) is 40.6. The van der Waals surface area contributed by atoms with Gasteiger partial charge in [0.15, 0.2) is 2.82 Å². The Hall–Kier alpha value is -4.15. The van der Waals surface area contributed by atoms with E-state index < -0.39 is 76.8 Å². The van der Waals surface area contributed by atoms with Gasteiger partial charge in [-0.25, -0.2) is 4.79 Å². The number of likely N-dealkylation sites (N-methyl/N-ethyl adjacent to an activating group) is 1. The first-order chi connectivity index (χ1) is 23.5. The standard InChI is InChI=1S/C29H39N5O6/c1-14-10-18(25(37)33(8)23(27(39)40)16(3)12-20(35)36)11-15(2)21(14)17(4)29(5,6)19-13-31-24-22(19)26(38)34(9)28(30-7)32-24/h10-11,13,16-17,23,31H,12H2,1-9H3,(H,30,32)(H,35,36)(H,39,40)/t16?,17?,23-/m0/s1/i10D,11D,12D2,13D,16D,17D,23D/hD4. The predicted octanol–water partition coefficient (Wildman–Crippen LogP) is 3.64. The fraction of sp³-hybridized carbons (Fsp3) is 0.483. The lowest BCUT2D eigenvalue weighted by molar-refractivity contribution is -0.145. The zero-order valence-electron chi connectivity index (χ0n) is 35.7. The topological polar surface area (TPSA) is 158 Å². The van der Waals surface area contributed by atoms with Gasteiger partial charge in [-0.15, -0.1) is 0 Å². The van der Waals surface area contributed by atoms with Gasteiger partial charge >= 0.3 is 11.9 Å². The van der Waals surface area contributed by atoms with Crippen LogP contribution >= 0.6 is 0 Å². The maximum absolute atomic E-state index is 14.1. The van der Waals surface area contributed by atoms with E-state index in [1.54, 1.807) is 0 Å². The molecule has 0 fully saturated rings. The highest BCUT2D eigenvalue weighted by Crippen LogP contribution is 2.43. The van der Waals surface area contributed by atoms with Crippen molar-refractivity contribution in [3.8, 4) is 0 Å². The summed E-state index contributed by atoms with van der Waals surface area (Å²) >= 11 is 0. The van der Waals surface area contributed by atoms with Gasteiger partial charge in [-0.05, 0) is 65.4 Å². The number of aliphatic carboxylic acids is 2. The number of rotatable bonds is 10. The molecule has 3 rings (SSSR count). The number of benzene rings is 1. The van der Waals surface area contributed by atoms with Crippen LogP contribution < -0.4 is 10.9 Å². The summed E-state index contributed by atoms with van der Waals surface area (Å²) in [4.78, 5) is 57.8. The number of amides is 1. The van der Waals surface area contributed by atoms with E-state index in [0.717, 1.165) is 16.9 Å². The van der Waals surface area contributed by atoms with Crippen molar-refractivity contribution in [1.29, 1.82) is 2.86 Å². The molecule has 11 nitrogen and oxygen atoms in total. The fourth-order valence-electron chi connectivity index (χ4n) is 4.70. The van der Waals surface area contributed by atoms with Crippen molar-refractivity contribution in [2.45, 2.75) is 65.2 Å². The molecule has 4 N–H and O–H groups in total. The number of hydrogen-bond donors (Lipinski definition) is 4. The summed E-state index contributed by atoms with van der Waals surface area (Å²) in [5, 5.41) is 8.20. The molecule has 0 bridgehead atoms. The van der Waals surface area contributed by atoms with E-state index in [9.17, 15) is 20.5 Å². The molecule has 0 aliphatic rings. The summed E-state index contributed by atoms with van der Waals surface area (Å²) in [6.45, 7) is 7.68. The van der Waals surface area contributed by atoms with Crippen molar-refractivity contribution in [3.05, 3.63) is 56.4 Å². The van der Waals surface area contributed by atoms with Gasteiger partial charge in [-0.3, -0.25) is 19.0 Å². The second-order valence-corrected chi connectivity index (χ2v) is 9.83. The largest absolute Gasteiger partial charge is 0.481 e. The first kappa shape index (κ1) is 17.5. The number of carboxylic acid groups (broad SMARTS) is 2. The fourth-order valence-corrected chi connectivity index (χ4v) is 4.70. The third kappa shape index (κ3) is 5.32. The highest BCUT2D eigenvalue weighted by atomic mass is 16.4. The number of carboxylic acids is 2. The number of carbonyl (C=O) groups excluding carboxylic acids is 1. The average molecular weight is 566 g/mol. The first-order valence-electron chi connectivity index (χ1n) is 17.8. The van der Waals surface area contributed by atoms with Gasteiger partial charge in [0, 0.05) is 38.4 Å². The SMILES string of the molecule is [2H]OC(=O)C([2H])([2H])C([2H])(C)[C@@]([2H])(C(=O)O[2H])N(C)C(=O)c1c([2H])c(C)c(C([2H])(C)C(C)(C)c2c([2H])n([2H])c3nc(N([2H])C)n(C)c(=O)c23)c(C)c1[2H]. The van der Waals surface area contributed by atoms with Crippen molar-refractivity contribution in [3.63, 3.8) is 0 Å². The molecule has 2 heterocycles. The molecule has 40 heavy (non-hydrogen) atoms. The molecule has 1 aromatic carbocycles. The number of aromatic amines is 1. The van der Waals surface area contributed by atoms with Gasteiger partial charge in [0.05, 0.1) is 17.2 Å². The Morgan fingerprint density at radius 1 is 1.32 bits per heavy atom. The lowest BCUT2D eigenvalue weighted by Gasteiger charge is -2.34. The average Bonchev–Trinajstić information content (AvgIpc) is 3.32. The van der Waals surface area contributed by atoms with Crippen molar-refractivity contribution in [1.82, 2.24) is 19.4 Å². The number of aromatic nitrogens is 3. The molecular weight excluding hydrogens is 514 g/mol. The number of H-pyrrole nitrogens is 1. The van der Waals surface area contributed by atoms with Crippen LogP contribution in [-0.2, 0) is 22.1 Å². The molecule has 0 aliphatic heterocycles. The van der Waals surface area contributed by atoms with Crippen LogP contribution in [0.1, 0.15) is 83.5 Å². The number of nitrogens with zero attached hydrogens (tertiary/aromatic N) is 3. The molecule has 2 aromatic heterocycles. The first-order valence-corrected chi connectivity index (χ1v) is 12.1. The molecule has 2 unspecified atom stereocenters. The van der Waals surface area contributed by atoms with E-state index in [1.165, 1.54) is 48.7 Å². The number of anilines is 1. The van der Waals surface area contributed by atoms with Crippen LogP contribution in [0.2, 0.25) is 2.82 Å². The van der Waals surface area contributed by atoms with Gasteiger partial charge in [-0.2, -0.15) is 4.98 Å². The third-order valence-electron chi connectivity index (χ3n) is 6.98. The molecular formula is C29H39N5O6. The van der Waals surface area contributed by atoms with Crippen molar-refractivity contribution < 1.29 is 38.4 Å². The number of fused-ring (bicyclic) bond motifs is 1. The summed E-state index contributed by atoms with van der Waals surface area (Å²) in [5.41, 5.74) is -3.49. The Morgan fingerprint density at radius 3 is 2.50 bits per heavy atom. The van der Waals surface area contributed by atoms with E-state index in [2.05, 4.69) is 15.2 Å². The van der Waals surface area contributed by atoms with Crippen LogP contribution in [0.5, 0.6) is 0 Å². The van der Waals surface area contributed by atoms with Crippen LogP contribution in [0.3, 0.4) is 0 Å². The Balaban J connectivity index is 2.35. The van der Waals surface area contributed by atoms with Crippen molar-refractivity contribution in [2.24, 2.45) is 12.9 Å². The third-order valence-corrected chi connectivity index (χ3v) is 6.98. The van der Waals surface area contributed by atoms with Crippen LogP contribution in [0.15, 0.2) is 23.1 Å². The van der Waals surface area contributed by atoms with E-state index in [0.29, 0.717) is 11.9 Å².